The second-order valence-electron chi connectivity index (χ2n) is 4.87. The number of fused-ring (bicyclic) bond motifs is 1. The minimum atomic E-state index is -3.16. The van der Waals surface area contributed by atoms with Crippen molar-refractivity contribution in [3.05, 3.63) is 0 Å². The van der Waals surface area contributed by atoms with Crippen molar-refractivity contribution in [3.63, 3.8) is 0 Å². The maximum Gasteiger partial charge on any atom is 0.695 e. The van der Waals surface area contributed by atoms with Crippen molar-refractivity contribution in [2.45, 2.75) is 24.5 Å². The number of ether oxygens (including phenoxy) is 1. The maximum absolute atomic E-state index is 12.1. The Labute approximate surface area is 134 Å². The largest absolute Gasteiger partial charge is 0.695 e. The lowest BCUT2D eigenvalue weighted by Crippen LogP contribution is -2.50. The van der Waals surface area contributed by atoms with Crippen molar-refractivity contribution in [2.24, 2.45) is 20.7 Å². The molecule has 14 heteroatoms. The van der Waals surface area contributed by atoms with Crippen LogP contribution in [0.1, 0.15) is 0 Å². The number of nitrogens with two attached hydrogens (primary N) is 1. The van der Waals surface area contributed by atoms with Crippen LogP contribution in [0.3, 0.4) is 0 Å². The Morgan fingerprint density at radius 1 is 1.33 bits per heavy atom. The Morgan fingerprint density at radius 2 is 2.04 bits per heavy atom. The molecule has 0 saturated carbocycles. The highest BCUT2D eigenvalue weighted by Crippen LogP contribution is 2.34. The van der Waals surface area contributed by atoms with E-state index in [4.69, 9.17) is 19.9 Å². The number of aliphatic hydroxyl groups excluding tert-OH is 2. The fraction of sp³-hybridized carbons (Fsp3) is 0.500. The molecule has 0 bridgehead atoms. The van der Waals surface area contributed by atoms with E-state index in [1.54, 1.807) is 0 Å². The van der Waals surface area contributed by atoms with Crippen LogP contribution in [0.5, 0.6) is 0 Å². The van der Waals surface area contributed by atoms with Crippen molar-refractivity contribution >= 4 is 37.7 Å². The molecule has 0 aromatic rings. The number of amidine groups is 1. The quantitative estimate of drug-likeness (QED) is 0.383. The van der Waals surface area contributed by atoms with Gasteiger partial charge in [0.05, 0.1) is 6.61 Å². The average Bonchev–Trinajstić information content (AvgIpc) is 2.97. The highest BCUT2D eigenvalue weighted by molar-refractivity contribution is 7.32. The summed E-state index contributed by atoms with van der Waals surface area (Å²) >= 11 is 0. The van der Waals surface area contributed by atoms with Crippen LogP contribution in [0, 0.1) is 0 Å². The first-order valence-electron chi connectivity index (χ1n) is 6.50. The molecule has 128 valence electrons. The topological polar surface area (TPSA) is 197 Å². The summed E-state index contributed by atoms with van der Waals surface area (Å²) in [5.74, 6) is -1.59. The van der Waals surface area contributed by atoms with E-state index in [-0.39, 0.29) is 11.5 Å². The number of carbonyl (C=O) groups is 2. The van der Waals surface area contributed by atoms with Crippen LogP contribution in [0.2, 0.25) is 0 Å². The van der Waals surface area contributed by atoms with Crippen LogP contribution in [0.15, 0.2) is 15.0 Å². The molecule has 3 rings (SSSR count). The van der Waals surface area contributed by atoms with Gasteiger partial charge in [-0.05, 0) is 0 Å². The Kier molecular flexibility index (Phi) is 4.21. The molecule has 0 radical (unpaired) electrons. The lowest BCUT2D eigenvalue weighted by molar-refractivity contribution is -0.111. The van der Waals surface area contributed by atoms with Crippen LogP contribution in [-0.2, 0) is 18.6 Å². The van der Waals surface area contributed by atoms with Crippen LogP contribution < -0.4 is 5.73 Å². The van der Waals surface area contributed by atoms with E-state index >= 15 is 0 Å². The summed E-state index contributed by atoms with van der Waals surface area (Å²) in [7, 11) is -3.16. The van der Waals surface area contributed by atoms with Gasteiger partial charge in [-0.15, -0.1) is 9.42 Å². The van der Waals surface area contributed by atoms with Gasteiger partial charge in [-0.2, -0.15) is 15.0 Å². The molecule has 0 aromatic carbocycles. The van der Waals surface area contributed by atoms with Gasteiger partial charge >= 0.3 is 20.2 Å². The van der Waals surface area contributed by atoms with Crippen molar-refractivity contribution < 1.29 is 38.5 Å². The molecular weight excluding hydrogens is 349 g/mol. The number of rotatable bonds is 4. The molecule has 0 aliphatic carbocycles. The number of aliphatic imine (C=N–C) groups is 3. The van der Waals surface area contributed by atoms with E-state index in [1.165, 1.54) is 0 Å². The van der Waals surface area contributed by atoms with Crippen molar-refractivity contribution in [1.29, 1.82) is 0 Å². The Bertz CT molecular complexity index is 720. The SMILES string of the molecule is NC1=NC(=O)C2=NC(=O)N([C@@H]3O[C@H](CO)[C@@H](O)[C@H]3O[P+](=O)O)C2=N1. The smallest absolute Gasteiger partial charge is 0.394 e. The minimum Gasteiger partial charge on any atom is -0.394 e. The van der Waals surface area contributed by atoms with E-state index in [2.05, 4.69) is 15.0 Å². The number of carbonyl (C=O) groups excluding carboxylic acids is 2. The zero-order valence-electron chi connectivity index (χ0n) is 11.7. The number of urea groups is 1. The minimum absolute atomic E-state index is 0.282. The maximum atomic E-state index is 12.1. The van der Waals surface area contributed by atoms with Gasteiger partial charge in [0.2, 0.25) is 5.96 Å². The molecule has 5 N–H and O–H groups in total. The monoisotopic (exact) mass is 360 g/mol. The Hall–Kier alpha value is -2.15. The summed E-state index contributed by atoms with van der Waals surface area (Å²) in [6.07, 6.45) is -5.67. The molecule has 1 fully saturated rings. The summed E-state index contributed by atoms with van der Waals surface area (Å²) < 4.78 is 21.0. The van der Waals surface area contributed by atoms with Crippen LogP contribution in [-0.4, -0.2) is 80.6 Å². The molecule has 1 unspecified atom stereocenters. The number of hydrogen-bond donors (Lipinski definition) is 4. The van der Waals surface area contributed by atoms with Gasteiger partial charge in [-0.1, -0.05) is 0 Å². The third kappa shape index (κ3) is 2.62. The molecule has 3 aliphatic heterocycles. The fourth-order valence-electron chi connectivity index (χ4n) is 2.47. The summed E-state index contributed by atoms with van der Waals surface area (Å²) in [6.45, 7) is -0.648. The normalized spacial score (nSPS) is 33.2. The predicted octanol–water partition coefficient (Wildman–Crippen LogP) is -2.77. The van der Waals surface area contributed by atoms with Gasteiger partial charge < -0.3 is 20.7 Å². The second kappa shape index (κ2) is 6.05. The fourth-order valence-corrected chi connectivity index (χ4v) is 2.91. The van der Waals surface area contributed by atoms with E-state index in [9.17, 15) is 24.4 Å². The lowest BCUT2D eigenvalue weighted by atomic mass is 10.1. The van der Waals surface area contributed by atoms with Crippen molar-refractivity contribution in [1.82, 2.24) is 4.90 Å². The summed E-state index contributed by atoms with van der Waals surface area (Å²) in [4.78, 5) is 44.1. The zero-order valence-corrected chi connectivity index (χ0v) is 12.6. The van der Waals surface area contributed by atoms with E-state index in [1.807, 2.05) is 0 Å². The number of amides is 3. The van der Waals surface area contributed by atoms with Crippen molar-refractivity contribution in [3.8, 4) is 0 Å². The van der Waals surface area contributed by atoms with Gasteiger partial charge in [-0.25, -0.2) is 9.69 Å². The highest BCUT2D eigenvalue weighted by Gasteiger charge is 2.56. The third-order valence-electron chi connectivity index (χ3n) is 3.45. The van der Waals surface area contributed by atoms with Gasteiger partial charge in [0.25, 0.3) is 0 Å². The van der Waals surface area contributed by atoms with E-state index < -0.39 is 57.3 Å². The third-order valence-corrected chi connectivity index (χ3v) is 3.88. The second-order valence-corrected chi connectivity index (χ2v) is 5.56. The first kappa shape index (κ1) is 16.7. The standard InChI is InChI=1S/C10H10N5O8P/c11-9-13-6-3(7(18)14-9)12-10(19)15(6)8-5(23-24(20)21)4(17)2(1-16)22-8/h2,4-5,8,16-17H,1H2,(H2-,11,14,18,20,21)/p+1/t2-,4-,5-,8-/m1/s1. The summed E-state index contributed by atoms with van der Waals surface area (Å²) in [5.41, 5.74) is 5.00. The van der Waals surface area contributed by atoms with E-state index in [0.717, 1.165) is 4.90 Å². The van der Waals surface area contributed by atoms with Gasteiger partial charge in [0.1, 0.15) is 12.2 Å². The summed E-state index contributed by atoms with van der Waals surface area (Å²) in [5, 5.41) is 19.2. The van der Waals surface area contributed by atoms with Crippen molar-refractivity contribution in [2.75, 3.05) is 6.61 Å². The molecule has 5 atom stereocenters. The molecule has 24 heavy (non-hydrogen) atoms. The molecule has 13 nitrogen and oxygen atoms in total. The number of nitrogens with zero attached hydrogens (tertiary/aromatic N) is 4. The molecule has 0 aromatic heterocycles. The van der Waals surface area contributed by atoms with Crippen LogP contribution >= 0.6 is 8.25 Å². The van der Waals surface area contributed by atoms with Crippen LogP contribution in [0.25, 0.3) is 0 Å². The van der Waals surface area contributed by atoms with Crippen LogP contribution in [0.4, 0.5) is 4.79 Å². The number of hydrogen-bond acceptors (Lipinski definition) is 9. The van der Waals surface area contributed by atoms with Gasteiger partial charge in [0, 0.05) is 4.57 Å². The molecule has 3 heterocycles. The molecule has 3 amide bonds. The summed E-state index contributed by atoms with van der Waals surface area (Å²) in [6, 6.07) is -0.987. The Morgan fingerprint density at radius 3 is 2.67 bits per heavy atom. The number of guanidine groups is 1. The first-order chi connectivity index (χ1) is 11.3. The molecule has 1 saturated heterocycles. The molecular formula is C10H11N5O8P+. The van der Waals surface area contributed by atoms with Gasteiger partial charge in [0.15, 0.2) is 23.9 Å². The van der Waals surface area contributed by atoms with Gasteiger partial charge in [-0.3, -0.25) is 4.79 Å². The zero-order chi connectivity index (χ0) is 17.6. The Balaban J connectivity index is 1.97. The highest BCUT2D eigenvalue weighted by atomic mass is 31.1. The predicted molar refractivity (Wildman–Crippen MR) is 75.2 cm³/mol. The molecule has 3 aliphatic rings. The first-order valence-corrected chi connectivity index (χ1v) is 7.63. The van der Waals surface area contributed by atoms with E-state index in [0.29, 0.717) is 0 Å². The molecule has 0 spiro atoms. The average molecular weight is 360 g/mol. The lowest BCUT2D eigenvalue weighted by Gasteiger charge is -2.25. The number of aliphatic hydroxyl groups is 2.